The summed E-state index contributed by atoms with van der Waals surface area (Å²) in [6.07, 6.45) is 2.51. The molecule has 2 N–H and O–H groups in total. The van der Waals surface area contributed by atoms with E-state index in [0.29, 0.717) is 33.0 Å². The number of amides is 2. The predicted octanol–water partition coefficient (Wildman–Crippen LogP) is -1.28. The van der Waals surface area contributed by atoms with Gasteiger partial charge in [0.15, 0.2) is 0 Å². The molecule has 18 heavy (non-hydrogen) atoms. The Hall–Kier alpha value is -1.57. The summed E-state index contributed by atoms with van der Waals surface area (Å²) >= 11 is 0. The number of ether oxygens (including phenoxy) is 2. The molecule has 1 rings (SSSR count). The minimum Gasteiger partial charge on any atom is -0.378 e. The van der Waals surface area contributed by atoms with Gasteiger partial charge in [-0.3, -0.25) is 14.5 Å². The van der Waals surface area contributed by atoms with Gasteiger partial charge < -0.3 is 20.0 Å². The lowest BCUT2D eigenvalue weighted by Gasteiger charge is -2.13. The Bertz CT molecular complexity index is 275. The number of imide groups is 1. The van der Waals surface area contributed by atoms with E-state index in [-0.39, 0.29) is 18.4 Å². The summed E-state index contributed by atoms with van der Waals surface area (Å²) in [5.41, 5.74) is 5.23. The Kier molecular flexibility index (Phi) is 9.65. The van der Waals surface area contributed by atoms with Gasteiger partial charge in [0.2, 0.25) is 0 Å². The monoisotopic (exact) mass is 258 g/mol. The molecule has 0 fully saturated rings. The van der Waals surface area contributed by atoms with Crippen LogP contribution in [0, 0.1) is 0 Å². The Labute approximate surface area is 106 Å². The molecule has 1 heterocycles. The highest BCUT2D eigenvalue weighted by Crippen LogP contribution is 2.02. The van der Waals surface area contributed by atoms with E-state index in [0.717, 1.165) is 4.90 Å². The molecule has 2 amide bonds. The summed E-state index contributed by atoms with van der Waals surface area (Å²) in [5, 5.41) is 0. The van der Waals surface area contributed by atoms with Gasteiger partial charge in [0, 0.05) is 18.7 Å². The van der Waals surface area contributed by atoms with Crippen molar-refractivity contribution < 1.29 is 23.9 Å². The summed E-state index contributed by atoms with van der Waals surface area (Å²) in [7, 11) is 0. The van der Waals surface area contributed by atoms with E-state index in [1.54, 1.807) is 0 Å². The first kappa shape index (κ1) is 16.4. The van der Waals surface area contributed by atoms with Crippen LogP contribution >= 0.6 is 0 Å². The molecule has 102 valence electrons. The molecule has 1 aliphatic heterocycles. The van der Waals surface area contributed by atoms with Crippen LogP contribution < -0.4 is 5.73 Å². The Morgan fingerprint density at radius 1 is 1.00 bits per heavy atom. The standard InChI is InChI=1S/C10H16N2O4.CH2O/c11-3-5-15-7-8-16-6-4-12-9(13)1-2-10(12)14;1-2/h1-2H,3-8,11H2;1H2. The van der Waals surface area contributed by atoms with Crippen LogP contribution in [0.25, 0.3) is 0 Å². The molecule has 0 aromatic rings. The van der Waals surface area contributed by atoms with Crippen LogP contribution in [-0.2, 0) is 23.9 Å². The minimum absolute atomic E-state index is 0.279. The molecule has 7 heteroatoms. The Morgan fingerprint density at radius 2 is 1.50 bits per heavy atom. The second-order valence-corrected chi connectivity index (χ2v) is 3.17. The van der Waals surface area contributed by atoms with Gasteiger partial charge in [-0.1, -0.05) is 0 Å². The Balaban J connectivity index is 0.00000137. The quantitative estimate of drug-likeness (QED) is 0.430. The third-order valence-electron chi connectivity index (χ3n) is 1.99. The Morgan fingerprint density at radius 3 is 2.00 bits per heavy atom. The number of nitrogens with two attached hydrogens (primary N) is 1. The zero-order valence-electron chi connectivity index (χ0n) is 10.2. The van der Waals surface area contributed by atoms with Gasteiger partial charge in [0.1, 0.15) is 6.79 Å². The van der Waals surface area contributed by atoms with Crippen molar-refractivity contribution in [2.75, 3.05) is 39.5 Å². The van der Waals surface area contributed by atoms with Crippen LogP contribution in [0.1, 0.15) is 0 Å². The van der Waals surface area contributed by atoms with Crippen LogP contribution in [0.2, 0.25) is 0 Å². The number of hydrogen-bond acceptors (Lipinski definition) is 6. The predicted molar refractivity (Wildman–Crippen MR) is 63.7 cm³/mol. The number of nitrogens with zero attached hydrogens (tertiary/aromatic N) is 1. The van der Waals surface area contributed by atoms with Crippen LogP contribution in [0.5, 0.6) is 0 Å². The van der Waals surface area contributed by atoms with E-state index in [4.69, 9.17) is 20.0 Å². The number of carbonyl (C=O) groups excluding carboxylic acids is 3. The molecule has 1 aliphatic rings. The van der Waals surface area contributed by atoms with Gasteiger partial charge in [-0.2, -0.15) is 0 Å². The van der Waals surface area contributed by atoms with Crippen LogP contribution in [0.3, 0.4) is 0 Å². The molecular weight excluding hydrogens is 240 g/mol. The zero-order chi connectivity index (χ0) is 13.8. The smallest absolute Gasteiger partial charge is 0.253 e. The van der Waals surface area contributed by atoms with Crippen molar-refractivity contribution in [2.24, 2.45) is 5.73 Å². The van der Waals surface area contributed by atoms with Crippen molar-refractivity contribution in [3.8, 4) is 0 Å². The van der Waals surface area contributed by atoms with Crippen molar-refractivity contribution >= 4 is 18.6 Å². The first-order valence-electron chi connectivity index (χ1n) is 5.43. The second-order valence-electron chi connectivity index (χ2n) is 3.17. The zero-order valence-corrected chi connectivity index (χ0v) is 10.2. The fourth-order valence-corrected chi connectivity index (χ4v) is 1.21. The summed E-state index contributed by atoms with van der Waals surface area (Å²) in [5.74, 6) is -0.569. The van der Waals surface area contributed by atoms with E-state index in [1.165, 1.54) is 12.2 Å². The number of rotatable bonds is 8. The van der Waals surface area contributed by atoms with E-state index in [1.807, 2.05) is 6.79 Å². The fourth-order valence-electron chi connectivity index (χ4n) is 1.21. The van der Waals surface area contributed by atoms with Crippen LogP contribution in [-0.4, -0.2) is 63.0 Å². The topological polar surface area (TPSA) is 98.9 Å². The molecule has 0 unspecified atom stereocenters. The summed E-state index contributed by atoms with van der Waals surface area (Å²) in [6, 6.07) is 0. The van der Waals surface area contributed by atoms with Crippen molar-refractivity contribution in [1.29, 1.82) is 0 Å². The average molecular weight is 258 g/mol. The first-order valence-corrected chi connectivity index (χ1v) is 5.43. The third-order valence-corrected chi connectivity index (χ3v) is 1.99. The molecule has 0 radical (unpaired) electrons. The maximum atomic E-state index is 11.1. The van der Waals surface area contributed by atoms with Gasteiger partial charge in [0.25, 0.3) is 11.8 Å². The SMILES string of the molecule is C=O.NCCOCCOCCN1C(=O)C=CC1=O. The number of hydrogen-bond donors (Lipinski definition) is 1. The third kappa shape index (κ3) is 6.24. The van der Waals surface area contributed by atoms with Crippen molar-refractivity contribution in [1.82, 2.24) is 4.90 Å². The van der Waals surface area contributed by atoms with Crippen molar-refractivity contribution in [2.45, 2.75) is 0 Å². The highest BCUT2D eigenvalue weighted by molar-refractivity contribution is 6.12. The van der Waals surface area contributed by atoms with Gasteiger partial charge in [0.05, 0.1) is 33.0 Å². The molecule has 0 aromatic carbocycles. The van der Waals surface area contributed by atoms with E-state index < -0.39 is 0 Å². The highest BCUT2D eigenvalue weighted by atomic mass is 16.5. The molecule has 0 aliphatic carbocycles. The molecule has 0 saturated heterocycles. The van der Waals surface area contributed by atoms with Crippen LogP contribution in [0.4, 0.5) is 0 Å². The minimum atomic E-state index is -0.284. The maximum absolute atomic E-state index is 11.1. The summed E-state index contributed by atoms with van der Waals surface area (Å²) < 4.78 is 10.3. The molecule has 0 saturated carbocycles. The van der Waals surface area contributed by atoms with Crippen molar-refractivity contribution in [3.63, 3.8) is 0 Å². The number of carbonyl (C=O) groups is 3. The van der Waals surface area contributed by atoms with Gasteiger partial charge in [-0.25, -0.2) is 0 Å². The van der Waals surface area contributed by atoms with Gasteiger partial charge in [-0.05, 0) is 0 Å². The van der Waals surface area contributed by atoms with E-state index in [9.17, 15) is 9.59 Å². The molecule has 0 spiro atoms. The summed E-state index contributed by atoms with van der Waals surface area (Å²) in [4.78, 5) is 31.4. The normalized spacial score (nSPS) is 13.7. The molecule has 0 bridgehead atoms. The lowest BCUT2D eigenvalue weighted by atomic mass is 10.5. The van der Waals surface area contributed by atoms with E-state index in [2.05, 4.69) is 0 Å². The largest absolute Gasteiger partial charge is 0.378 e. The van der Waals surface area contributed by atoms with E-state index >= 15 is 0 Å². The molecular formula is C11H18N2O5. The first-order chi connectivity index (χ1) is 8.75. The average Bonchev–Trinajstić information content (AvgIpc) is 2.71. The lowest BCUT2D eigenvalue weighted by Crippen LogP contribution is -2.33. The molecule has 0 atom stereocenters. The molecule has 7 nitrogen and oxygen atoms in total. The van der Waals surface area contributed by atoms with Gasteiger partial charge in [-0.15, -0.1) is 0 Å². The summed E-state index contributed by atoms with van der Waals surface area (Å²) in [6.45, 7) is 4.51. The fraction of sp³-hybridized carbons (Fsp3) is 0.545. The van der Waals surface area contributed by atoms with Crippen molar-refractivity contribution in [3.05, 3.63) is 12.2 Å². The van der Waals surface area contributed by atoms with Crippen LogP contribution in [0.15, 0.2) is 12.2 Å². The maximum Gasteiger partial charge on any atom is 0.253 e. The van der Waals surface area contributed by atoms with Gasteiger partial charge >= 0.3 is 0 Å². The lowest BCUT2D eigenvalue weighted by molar-refractivity contribution is -0.137. The highest BCUT2D eigenvalue weighted by Gasteiger charge is 2.22. The molecule has 0 aromatic heterocycles. The second kappa shape index (κ2) is 10.6.